The molecule has 0 saturated heterocycles. The highest BCUT2D eigenvalue weighted by Crippen LogP contribution is 2.33. The summed E-state index contributed by atoms with van der Waals surface area (Å²) < 4.78 is 5.39. The summed E-state index contributed by atoms with van der Waals surface area (Å²) >= 11 is 0. The van der Waals surface area contributed by atoms with Crippen LogP contribution in [0.25, 0.3) is 0 Å². The van der Waals surface area contributed by atoms with Crippen LogP contribution in [0.1, 0.15) is 32.6 Å². The molecular weight excluding hydrogens is 236 g/mol. The maximum Gasteiger partial charge on any atom is 0.141 e. The first-order valence-electron chi connectivity index (χ1n) is 7.34. The summed E-state index contributed by atoms with van der Waals surface area (Å²) in [5.74, 6) is 2.46. The molecule has 106 valence electrons. The fourth-order valence-corrected chi connectivity index (χ4v) is 3.02. The predicted molar refractivity (Wildman–Crippen MR) is 80.6 cm³/mol. The van der Waals surface area contributed by atoms with Crippen molar-refractivity contribution in [2.45, 2.75) is 38.6 Å². The monoisotopic (exact) mass is 262 g/mol. The molecule has 1 aromatic carbocycles. The summed E-state index contributed by atoms with van der Waals surface area (Å²) in [6.45, 7) is 3.03. The third-order valence-electron chi connectivity index (χ3n) is 4.33. The minimum absolute atomic E-state index is 0.351. The van der Waals surface area contributed by atoms with E-state index in [0.29, 0.717) is 18.5 Å². The van der Waals surface area contributed by atoms with Crippen LogP contribution in [0, 0.1) is 11.8 Å². The first kappa shape index (κ1) is 14.2. The number of anilines is 1. The second-order valence-corrected chi connectivity index (χ2v) is 5.71. The van der Waals surface area contributed by atoms with E-state index < -0.39 is 0 Å². The molecule has 1 saturated carbocycles. The smallest absolute Gasteiger partial charge is 0.141 e. The van der Waals surface area contributed by atoms with Gasteiger partial charge in [0.1, 0.15) is 5.75 Å². The SMILES string of the molecule is COc1ccccc1NC(CN)C1CCC(C)CC1. The van der Waals surface area contributed by atoms with E-state index in [2.05, 4.69) is 18.3 Å². The molecule has 1 unspecified atom stereocenters. The third kappa shape index (κ3) is 3.63. The van der Waals surface area contributed by atoms with Gasteiger partial charge in [0, 0.05) is 12.6 Å². The number of methoxy groups -OCH3 is 1. The van der Waals surface area contributed by atoms with Gasteiger partial charge in [-0.25, -0.2) is 0 Å². The molecule has 3 heteroatoms. The van der Waals surface area contributed by atoms with Gasteiger partial charge in [0.2, 0.25) is 0 Å². The van der Waals surface area contributed by atoms with Crippen molar-refractivity contribution in [2.75, 3.05) is 19.0 Å². The Labute approximate surface area is 116 Å². The van der Waals surface area contributed by atoms with E-state index >= 15 is 0 Å². The zero-order valence-corrected chi connectivity index (χ0v) is 12.1. The van der Waals surface area contributed by atoms with Gasteiger partial charge in [-0.15, -0.1) is 0 Å². The predicted octanol–water partition coefficient (Wildman–Crippen LogP) is 3.26. The molecular formula is C16H26N2O. The molecule has 1 aliphatic rings. The average Bonchev–Trinajstić information content (AvgIpc) is 2.46. The fourth-order valence-electron chi connectivity index (χ4n) is 3.02. The molecule has 0 amide bonds. The van der Waals surface area contributed by atoms with Gasteiger partial charge in [-0.3, -0.25) is 0 Å². The molecule has 0 aromatic heterocycles. The summed E-state index contributed by atoms with van der Waals surface area (Å²) in [6, 6.07) is 8.42. The van der Waals surface area contributed by atoms with E-state index in [9.17, 15) is 0 Å². The van der Waals surface area contributed by atoms with Gasteiger partial charge in [0.05, 0.1) is 12.8 Å². The van der Waals surface area contributed by atoms with Crippen LogP contribution in [0.4, 0.5) is 5.69 Å². The molecule has 0 bridgehead atoms. The van der Waals surface area contributed by atoms with E-state index in [1.807, 2.05) is 18.2 Å². The zero-order valence-electron chi connectivity index (χ0n) is 12.1. The molecule has 1 atom stereocenters. The summed E-state index contributed by atoms with van der Waals surface area (Å²) in [5, 5.41) is 3.58. The molecule has 0 aliphatic heterocycles. The van der Waals surface area contributed by atoms with Crippen molar-refractivity contribution in [3.63, 3.8) is 0 Å². The van der Waals surface area contributed by atoms with Crippen LogP contribution in [0.5, 0.6) is 5.75 Å². The molecule has 1 fully saturated rings. The Morgan fingerprint density at radius 1 is 1.26 bits per heavy atom. The number of nitrogens with one attached hydrogen (secondary N) is 1. The number of benzene rings is 1. The molecule has 19 heavy (non-hydrogen) atoms. The Hall–Kier alpha value is -1.22. The standard InChI is InChI=1S/C16H26N2O/c1-12-7-9-13(10-8-12)15(11-17)18-14-5-3-4-6-16(14)19-2/h3-6,12-13,15,18H,7-11,17H2,1-2H3. The summed E-state index contributed by atoms with van der Waals surface area (Å²) in [4.78, 5) is 0. The lowest BCUT2D eigenvalue weighted by Gasteiger charge is -2.33. The van der Waals surface area contributed by atoms with Gasteiger partial charge in [0.25, 0.3) is 0 Å². The maximum atomic E-state index is 5.97. The minimum atomic E-state index is 0.351. The van der Waals surface area contributed by atoms with Crippen LogP contribution in [0.2, 0.25) is 0 Å². The Bertz CT molecular complexity index is 386. The molecule has 1 aromatic rings. The number of rotatable bonds is 5. The van der Waals surface area contributed by atoms with E-state index in [0.717, 1.165) is 17.4 Å². The van der Waals surface area contributed by atoms with Crippen LogP contribution in [-0.2, 0) is 0 Å². The third-order valence-corrected chi connectivity index (χ3v) is 4.33. The van der Waals surface area contributed by atoms with Gasteiger partial charge in [-0.05, 0) is 36.8 Å². The van der Waals surface area contributed by atoms with Crippen LogP contribution >= 0.6 is 0 Å². The summed E-state index contributed by atoms with van der Waals surface area (Å²) in [6.07, 6.45) is 5.22. The average molecular weight is 262 g/mol. The molecule has 0 radical (unpaired) electrons. The largest absolute Gasteiger partial charge is 0.495 e. The molecule has 0 spiro atoms. The Morgan fingerprint density at radius 3 is 2.58 bits per heavy atom. The topological polar surface area (TPSA) is 47.3 Å². The van der Waals surface area contributed by atoms with Crippen molar-refractivity contribution >= 4 is 5.69 Å². The second-order valence-electron chi connectivity index (χ2n) is 5.71. The van der Waals surface area contributed by atoms with Crippen molar-refractivity contribution in [1.29, 1.82) is 0 Å². The van der Waals surface area contributed by atoms with Gasteiger partial charge in [-0.2, -0.15) is 0 Å². The van der Waals surface area contributed by atoms with Crippen molar-refractivity contribution < 1.29 is 4.74 Å². The maximum absolute atomic E-state index is 5.97. The fraction of sp³-hybridized carbons (Fsp3) is 0.625. The molecule has 2 rings (SSSR count). The number of hydrogen-bond acceptors (Lipinski definition) is 3. The van der Waals surface area contributed by atoms with E-state index in [4.69, 9.17) is 10.5 Å². The van der Waals surface area contributed by atoms with Crippen molar-refractivity contribution in [2.24, 2.45) is 17.6 Å². The Kier molecular flexibility index (Phi) is 5.08. The van der Waals surface area contributed by atoms with Gasteiger partial charge < -0.3 is 15.8 Å². The number of ether oxygens (including phenoxy) is 1. The first-order valence-corrected chi connectivity index (χ1v) is 7.34. The van der Waals surface area contributed by atoms with Crippen LogP contribution < -0.4 is 15.8 Å². The highest BCUT2D eigenvalue weighted by molar-refractivity contribution is 5.56. The molecule has 1 aliphatic carbocycles. The van der Waals surface area contributed by atoms with Crippen molar-refractivity contribution in [3.8, 4) is 5.75 Å². The summed E-state index contributed by atoms with van der Waals surface area (Å²) in [5.41, 5.74) is 7.03. The number of para-hydroxylation sites is 2. The quantitative estimate of drug-likeness (QED) is 0.856. The molecule has 3 nitrogen and oxygen atoms in total. The van der Waals surface area contributed by atoms with E-state index in [1.54, 1.807) is 7.11 Å². The van der Waals surface area contributed by atoms with Crippen molar-refractivity contribution in [1.82, 2.24) is 0 Å². The van der Waals surface area contributed by atoms with E-state index in [-0.39, 0.29) is 0 Å². The van der Waals surface area contributed by atoms with Crippen LogP contribution in [0.15, 0.2) is 24.3 Å². The first-order chi connectivity index (χ1) is 9.24. The molecule has 0 heterocycles. The Balaban J connectivity index is 2.02. The number of nitrogens with two attached hydrogens (primary N) is 1. The number of hydrogen-bond donors (Lipinski definition) is 2. The lowest BCUT2D eigenvalue weighted by molar-refractivity contribution is 0.265. The van der Waals surface area contributed by atoms with Gasteiger partial charge in [0.15, 0.2) is 0 Å². The zero-order chi connectivity index (χ0) is 13.7. The summed E-state index contributed by atoms with van der Waals surface area (Å²) in [7, 11) is 1.71. The van der Waals surface area contributed by atoms with Crippen molar-refractivity contribution in [3.05, 3.63) is 24.3 Å². The lowest BCUT2D eigenvalue weighted by Crippen LogP contribution is -2.38. The second kappa shape index (κ2) is 6.80. The van der Waals surface area contributed by atoms with Gasteiger partial charge in [-0.1, -0.05) is 31.9 Å². The molecule has 3 N–H and O–H groups in total. The van der Waals surface area contributed by atoms with E-state index in [1.165, 1.54) is 25.7 Å². The van der Waals surface area contributed by atoms with Gasteiger partial charge >= 0.3 is 0 Å². The Morgan fingerprint density at radius 2 is 1.95 bits per heavy atom. The minimum Gasteiger partial charge on any atom is -0.495 e. The van der Waals surface area contributed by atoms with Crippen LogP contribution in [-0.4, -0.2) is 19.7 Å². The lowest BCUT2D eigenvalue weighted by atomic mass is 9.79. The highest BCUT2D eigenvalue weighted by Gasteiger charge is 2.25. The van der Waals surface area contributed by atoms with Crippen LogP contribution in [0.3, 0.4) is 0 Å². The normalized spacial score (nSPS) is 24.8. The highest BCUT2D eigenvalue weighted by atomic mass is 16.5.